The van der Waals surface area contributed by atoms with E-state index in [1.54, 1.807) is 13.0 Å². The number of aryl methyl sites for hydroxylation is 1. The van der Waals surface area contributed by atoms with Crippen molar-refractivity contribution >= 4 is 29.1 Å². The van der Waals surface area contributed by atoms with E-state index in [1.807, 2.05) is 0 Å². The van der Waals surface area contributed by atoms with Crippen molar-refractivity contribution in [1.29, 1.82) is 0 Å². The van der Waals surface area contributed by atoms with Crippen LogP contribution in [0.5, 0.6) is 0 Å². The molecule has 0 aliphatic rings. The Hall–Kier alpha value is -1.42. The van der Waals surface area contributed by atoms with Gasteiger partial charge in [0.05, 0.1) is 11.4 Å². The van der Waals surface area contributed by atoms with Crippen LogP contribution in [0.15, 0.2) is 12.1 Å². The van der Waals surface area contributed by atoms with Crippen LogP contribution in [0.1, 0.15) is 5.56 Å². The first-order valence-corrected chi connectivity index (χ1v) is 3.94. The van der Waals surface area contributed by atoms with E-state index < -0.39 is 6.09 Å². The van der Waals surface area contributed by atoms with Gasteiger partial charge in [-0.15, -0.1) is 0 Å². The highest BCUT2D eigenvalue weighted by molar-refractivity contribution is 6.31. The van der Waals surface area contributed by atoms with Gasteiger partial charge in [-0.3, -0.25) is 5.32 Å². The van der Waals surface area contributed by atoms with Crippen LogP contribution < -0.4 is 11.1 Å². The predicted molar refractivity (Wildman–Crippen MR) is 52.2 cm³/mol. The van der Waals surface area contributed by atoms with Crippen LogP contribution in [0.2, 0.25) is 5.02 Å². The molecule has 0 saturated carbocycles. The number of anilines is 2. The van der Waals surface area contributed by atoms with Gasteiger partial charge in [0.2, 0.25) is 0 Å². The highest BCUT2D eigenvalue weighted by Gasteiger charge is 2.05. The van der Waals surface area contributed by atoms with Crippen LogP contribution >= 0.6 is 11.6 Å². The Bertz CT molecular complexity index is 352. The van der Waals surface area contributed by atoms with Crippen molar-refractivity contribution in [3.05, 3.63) is 22.7 Å². The minimum Gasteiger partial charge on any atom is -0.465 e. The highest BCUT2D eigenvalue weighted by Crippen LogP contribution is 2.26. The van der Waals surface area contributed by atoms with E-state index in [0.29, 0.717) is 16.4 Å². The molecule has 0 atom stereocenters. The summed E-state index contributed by atoms with van der Waals surface area (Å²) in [6, 6.07) is 3.11. The molecule has 0 unspecified atom stereocenters. The summed E-state index contributed by atoms with van der Waals surface area (Å²) in [4.78, 5) is 10.3. The van der Waals surface area contributed by atoms with Crippen LogP contribution in [-0.4, -0.2) is 11.2 Å². The molecule has 0 heterocycles. The molecule has 1 aromatic carbocycles. The molecule has 0 aliphatic heterocycles. The fourth-order valence-corrected chi connectivity index (χ4v) is 1.09. The first-order valence-electron chi connectivity index (χ1n) is 3.56. The summed E-state index contributed by atoms with van der Waals surface area (Å²) in [6.45, 7) is 1.77. The smallest absolute Gasteiger partial charge is 0.409 e. The first kappa shape index (κ1) is 9.67. The zero-order chi connectivity index (χ0) is 10.0. The van der Waals surface area contributed by atoms with Gasteiger partial charge in [0, 0.05) is 5.02 Å². The molecule has 0 spiro atoms. The number of amides is 1. The zero-order valence-corrected chi connectivity index (χ0v) is 7.72. The van der Waals surface area contributed by atoms with E-state index >= 15 is 0 Å². The van der Waals surface area contributed by atoms with Gasteiger partial charge in [-0.1, -0.05) is 11.6 Å². The van der Waals surface area contributed by atoms with E-state index in [0.717, 1.165) is 5.56 Å². The summed E-state index contributed by atoms with van der Waals surface area (Å²) in [5, 5.41) is 11.1. The monoisotopic (exact) mass is 200 g/mol. The SMILES string of the molecule is Cc1cc(NC(=O)O)c(N)cc1Cl. The Labute approximate surface area is 80.3 Å². The van der Waals surface area contributed by atoms with E-state index in [9.17, 15) is 4.79 Å². The summed E-state index contributed by atoms with van der Waals surface area (Å²) >= 11 is 5.77. The van der Waals surface area contributed by atoms with Gasteiger partial charge in [-0.2, -0.15) is 0 Å². The third kappa shape index (κ3) is 2.26. The second-order valence-corrected chi connectivity index (χ2v) is 3.03. The quantitative estimate of drug-likeness (QED) is 0.609. The van der Waals surface area contributed by atoms with E-state index in [-0.39, 0.29) is 0 Å². The second-order valence-electron chi connectivity index (χ2n) is 2.62. The van der Waals surface area contributed by atoms with Gasteiger partial charge < -0.3 is 10.8 Å². The van der Waals surface area contributed by atoms with E-state index in [1.165, 1.54) is 6.07 Å². The maximum Gasteiger partial charge on any atom is 0.409 e. The molecule has 1 rings (SSSR count). The van der Waals surface area contributed by atoms with Gasteiger partial charge in [0.1, 0.15) is 0 Å². The van der Waals surface area contributed by atoms with Crippen LogP contribution in [-0.2, 0) is 0 Å². The van der Waals surface area contributed by atoms with Crippen molar-refractivity contribution in [1.82, 2.24) is 0 Å². The van der Waals surface area contributed by atoms with Crippen molar-refractivity contribution in [3.8, 4) is 0 Å². The first-order chi connectivity index (χ1) is 6.00. The van der Waals surface area contributed by atoms with Crippen LogP contribution in [0.25, 0.3) is 0 Å². The van der Waals surface area contributed by atoms with Crippen molar-refractivity contribution in [2.24, 2.45) is 0 Å². The number of nitrogen functional groups attached to an aromatic ring is 1. The Morgan fingerprint density at radius 1 is 1.62 bits per heavy atom. The van der Waals surface area contributed by atoms with Crippen LogP contribution in [0.4, 0.5) is 16.2 Å². The molecule has 1 aromatic rings. The van der Waals surface area contributed by atoms with Gasteiger partial charge in [0.25, 0.3) is 0 Å². The number of nitrogens with one attached hydrogen (secondary N) is 1. The minimum absolute atomic E-state index is 0.318. The number of halogens is 1. The van der Waals surface area contributed by atoms with Crippen molar-refractivity contribution in [2.45, 2.75) is 6.92 Å². The molecule has 0 radical (unpaired) electrons. The normalized spacial score (nSPS) is 9.69. The third-order valence-electron chi connectivity index (χ3n) is 1.57. The molecule has 13 heavy (non-hydrogen) atoms. The number of hydrogen-bond acceptors (Lipinski definition) is 2. The summed E-state index contributed by atoms with van der Waals surface area (Å²) in [5.74, 6) is 0. The lowest BCUT2D eigenvalue weighted by atomic mass is 10.2. The average Bonchev–Trinajstić information content (AvgIpc) is 1.99. The molecule has 0 fully saturated rings. The molecule has 1 amide bonds. The minimum atomic E-state index is -1.14. The number of rotatable bonds is 1. The largest absolute Gasteiger partial charge is 0.465 e. The standard InChI is InChI=1S/C8H9ClN2O2/c1-4-2-7(11-8(12)13)6(10)3-5(4)9/h2-3,11H,10H2,1H3,(H,12,13). The predicted octanol–water partition coefficient (Wildman–Crippen LogP) is 2.32. The Kier molecular flexibility index (Phi) is 2.63. The van der Waals surface area contributed by atoms with Crippen LogP contribution in [0, 0.1) is 6.92 Å². The van der Waals surface area contributed by atoms with E-state index in [2.05, 4.69) is 5.32 Å². The summed E-state index contributed by atoms with van der Waals surface area (Å²) < 4.78 is 0. The second kappa shape index (κ2) is 3.53. The average molecular weight is 201 g/mol. The lowest BCUT2D eigenvalue weighted by Crippen LogP contribution is -2.09. The van der Waals surface area contributed by atoms with Gasteiger partial charge >= 0.3 is 6.09 Å². The van der Waals surface area contributed by atoms with Gasteiger partial charge in [0.15, 0.2) is 0 Å². The summed E-state index contributed by atoms with van der Waals surface area (Å²) in [6.07, 6.45) is -1.14. The number of hydrogen-bond donors (Lipinski definition) is 3. The van der Waals surface area contributed by atoms with Crippen molar-refractivity contribution in [3.63, 3.8) is 0 Å². The number of benzene rings is 1. The molecular weight excluding hydrogens is 192 g/mol. The number of carboxylic acid groups (broad SMARTS) is 1. The van der Waals surface area contributed by atoms with Crippen LogP contribution in [0.3, 0.4) is 0 Å². The lowest BCUT2D eigenvalue weighted by Gasteiger charge is -2.07. The molecule has 5 heteroatoms. The molecule has 70 valence electrons. The molecule has 0 aliphatic carbocycles. The Morgan fingerprint density at radius 3 is 2.77 bits per heavy atom. The van der Waals surface area contributed by atoms with E-state index in [4.69, 9.17) is 22.4 Å². The fraction of sp³-hybridized carbons (Fsp3) is 0.125. The number of nitrogens with two attached hydrogens (primary N) is 1. The maximum absolute atomic E-state index is 10.3. The number of carbonyl (C=O) groups is 1. The maximum atomic E-state index is 10.3. The molecular formula is C8H9ClN2O2. The Balaban J connectivity index is 3.08. The third-order valence-corrected chi connectivity index (χ3v) is 1.98. The molecule has 4 nitrogen and oxygen atoms in total. The molecule has 0 bridgehead atoms. The zero-order valence-electron chi connectivity index (χ0n) is 6.97. The van der Waals surface area contributed by atoms with Crippen molar-refractivity contribution < 1.29 is 9.90 Å². The summed E-state index contributed by atoms with van der Waals surface area (Å²) in [7, 11) is 0. The fourth-order valence-electron chi connectivity index (χ4n) is 0.920. The van der Waals surface area contributed by atoms with Crippen molar-refractivity contribution in [2.75, 3.05) is 11.1 Å². The van der Waals surface area contributed by atoms with Gasteiger partial charge in [-0.05, 0) is 24.6 Å². The molecule has 0 saturated heterocycles. The molecule has 0 aromatic heterocycles. The highest BCUT2D eigenvalue weighted by atomic mass is 35.5. The molecule has 4 N–H and O–H groups in total. The lowest BCUT2D eigenvalue weighted by molar-refractivity contribution is 0.210. The summed E-state index contributed by atoms with van der Waals surface area (Å²) in [5.41, 5.74) is 6.98. The Morgan fingerprint density at radius 2 is 2.23 bits per heavy atom. The van der Waals surface area contributed by atoms with Gasteiger partial charge in [-0.25, -0.2) is 4.79 Å². The topological polar surface area (TPSA) is 75.3 Å².